The van der Waals surface area contributed by atoms with E-state index >= 15 is 0 Å². The van der Waals surface area contributed by atoms with Crippen LogP contribution in [0.15, 0.2) is 0 Å². The van der Waals surface area contributed by atoms with Crippen LogP contribution in [-0.4, -0.2) is 39.3 Å². The van der Waals surface area contributed by atoms with Gasteiger partial charge in [-0.15, -0.1) is 0 Å². The molecule has 3 nitrogen and oxygen atoms in total. The highest BCUT2D eigenvalue weighted by atomic mass is 15.0. The molecule has 11 heavy (non-hydrogen) atoms. The van der Waals surface area contributed by atoms with Gasteiger partial charge >= 0.3 is 0 Å². The summed E-state index contributed by atoms with van der Waals surface area (Å²) in [6.07, 6.45) is 2.78. The Hall–Kier alpha value is -0.120. The highest BCUT2D eigenvalue weighted by Gasteiger charge is 1.93. The van der Waals surface area contributed by atoms with Gasteiger partial charge in [-0.1, -0.05) is 0 Å². The van der Waals surface area contributed by atoms with Gasteiger partial charge < -0.3 is 16.0 Å². The van der Waals surface area contributed by atoms with Crippen molar-refractivity contribution in [2.24, 2.45) is 0 Å². The first-order valence-electron chi connectivity index (χ1n) is 4.62. The minimum atomic E-state index is 1.14. The van der Waals surface area contributed by atoms with Gasteiger partial charge in [-0.25, -0.2) is 0 Å². The Balaban J connectivity index is 0.000000112. The fourth-order valence-electron chi connectivity index (χ4n) is 1.23. The molecule has 0 saturated carbocycles. The fourth-order valence-corrected chi connectivity index (χ4v) is 1.23. The molecule has 0 unspecified atom stereocenters. The van der Waals surface area contributed by atoms with Crippen molar-refractivity contribution in [3.05, 3.63) is 0 Å². The summed E-state index contributed by atoms with van der Waals surface area (Å²) in [6, 6.07) is 0. The van der Waals surface area contributed by atoms with Gasteiger partial charge in [0.05, 0.1) is 0 Å². The van der Waals surface area contributed by atoms with E-state index in [0.717, 1.165) is 26.2 Å². The molecular weight excluding hydrogens is 138 g/mol. The number of nitrogens with one attached hydrogen (secondary N) is 3. The first-order valence-corrected chi connectivity index (χ1v) is 4.62. The van der Waals surface area contributed by atoms with Crippen LogP contribution in [0.1, 0.15) is 12.8 Å². The van der Waals surface area contributed by atoms with Crippen LogP contribution in [0.4, 0.5) is 0 Å². The molecule has 0 amide bonds. The molecule has 0 spiro atoms. The summed E-state index contributed by atoms with van der Waals surface area (Å²) in [5, 5.41) is 9.67. The maximum atomic E-state index is 3.22. The van der Waals surface area contributed by atoms with E-state index in [1.807, 2.05) is 0 Å². The predicted molar refractivity (Wildman–Crippen MR) is 47.8 cm³/mol. The normalized spacial score (nSPS) is 24.0. The molecule has 0 aromatic rings. The Kier molecular flexibility index (Phi) is 5.37. The van der Waals surface area contributed by atoms with E-state index in [1.165, 1.54) is 25.9 Å². The first-order chi connectivity index (χ1) is 5.50. The number of rotatable bonds is 0. The lowest BCUT2D eigenvalue weighted by atomic mass is 10.4. The van der Waals surface area contributed by atoms with Gasteiger partial charge in [0.25, 0.3) is 0 Å². The van der Waals surface area contributed by atoms with Crippen molar-refractivity contribution < 1.29 is 0 Å². The van der Waals surface area contributed by atoms with Crippen LogP contribution < -0.4 is 16.0 Å². The van der Waals surface area contributed by atoms with Gasteiger partial charge in [0.15, 0.2) is 0 Å². The van der Waals surface area contributed by atoms with Crippen LogP contribution >= 0.6 is 0 Å². The molecule has 2 aliphatic rings. The van der Waals surface area contributed by atoms with Crippen LogP contribution in [0.5, 0.6) is 0 Å². The van der Waals surface area contributed by atoms with Gasteiger partial charge in [-0.2, -0.15) is 0 Å². The minimum Gasteiger partial charge on any atom is -0.317 e. The van der Waals surface area contributed by atoms with Crippen LogP contribution in [-0.2, 0) is 0 Å². The van der Waals surface area contributed by atoms with E-state index in [0.29, 0.717) is 0 Å². The Bertz CT molecular complexity index is 58.3. The zero-order chi connectivity index (χ0) is 7.78. The summed E-state index contributed by atoms with van der Waals surface area (Å²) < 4.78 is 0. The molecule has 3 N–H and O–H groups in total. The lowest BCUT2D eigenvalue weighted by Gasteiger charge is -2.11. The SMILES string of the molecule is C1CCNC1.C1CNCCN1. The van der Waals surface area contributed by atoms with Gasteiger partial charge in [0, 0.05) is 26.2 Å². The second kappa shape index (κ2) is 6.58. The van der Waals surface area contributed by atoms with E-state index in [2.05, 4.69) is 16.0 Å². The highest BCUT2D eigenvalue weighted by Crippen LogP contribution is 1.90. The van der Waals surface area contributed by atoms with Gasteiger partial charge in [0.2, 0.25) is 0 Å². The number of hydrogen-bond donors (Lipinski definition) is 3. The van der Waals surface area contributed by atoms with Gasteiger partial charge in [-0.3, -0.25) is 0 Å². The maximum Gasteiger partial charge on any atom is 0.00772 e. The molecule has 0 aliphatic carbocycles. The van der Waals surface area contributed by atoms with Crippen LogP contribution in [0.25, 0.3) is 0 Å². The van der Waals surface area contributed by atoms with Gasteiger partial charge in [0.1, 0.15) is 0 Å². The highest BCUT2D eigenvalue weighted by molar-refractivity contribution is 4.59. The smallest absolute Gasteiger partial charge is 0.00772 e. The Morgan fingerprint density at radius 2 is 0.818 bits per heavy atom. The van der Waals surface area contributed by atoms with Crippen LogP contribution in [0.2, 0.25) is 0 Å². The molecule has 0 aromatic carbocycles. The zero-order valence-electron chi connectivity index (χ0n) is 7.16. The number of piperazine rings is 1. The molecule has 3 heteroatoms. The Labute approximate surface area is 68.9 Å². The predicted octanol–water partition coefficient (Wildman–Crippen LogP) is -0.451. The van der Waals surface area contributed by atoms with E-state index in [4.69, 9.17) is 0 Å². The average molecular weight is 157 g/mol. The Morgan fingerprint density at radius 3 is 1.00 bits per heavy atom. The largest absolute Gasteiger partial charge is 0.317 e. The second-order valence-electron chi connectivity index (χ2n) is 2.96. The molecule has 2 fully saturated rings. The zero-order valence-corrected chi connectivity index (χ0v) is 7.16. The monoisotopic (exact) mass is 157 g/mol. The quantitative estimate of drug-likeness (QED) is 0.446. The van der Waals surface area contributed by atoms with Gasteiger partial charge in [-0.05, 0) is 25.9 Å². The van der Waals surface area contributed by atoms with Crippen molar-refractivity contribution in [2.75, 3.05) is 39.3 Å². The standard InChI is InChI=1S/C4H10N2.C4H9N/c1-2-6-4-3-5-1;1-2-4-5-3-1/h5-6H,1-4H2;5H,1-4H2. The van der Waals surface area contributed by atoms with Crippen LogP contribution in [0.3, 0.4) is 0 Å². The average Bonchev–Trinajstić information content (AvgIpc) is 2.64. The van der Waals surface area contributed by atoms with Crippen molar-refractivity contribution in [1.82, 2.24) is 16.0 Å². The van der Waals surface area contributed by atoms with E-state index in [9.17, 15) is 0 Å². The molecule has 0 radical (unpaired) electrons. The topological polar surface area (TPSA) is 36.1 Å². The van der Waals surface area contributed by atoms with Crippen molar-refractivity contribution in [3.8, 4) is 0 Å². The van der Waals surface area contributed by atoms with E-state index in [-0.39, 0.29) is 0 Å². The summed E-state index contributed by atoms with van der Waals surface area (Å²) >= 11 is 0. The molecule has 0 bridgehead atoms. The third-order valence-electron chi connectivity index (χ3n) is 1.91. The summed E-state index contributed by atoms with van der Waals surface area (Å²) in [4.78, 5) is 0. The fraction of sp³-hybridized carbons (Fsp3) is 1.00. The van der Waals surface area contributed by atoms with Crippen molar-refractivity contribution >= 4 is 0 Å². The first kappa shape index (κ1) is 8.97. The van der Waals surface area contributed by atoms with Crippen molar-refractivity contribution in [3.63, 3.8) is 0 Å². The summed E-state index contributed by atoms with van der Waals surface area (Å²) in [7, 11) is 0. The third-order valence-corrected chi connectivity index (χ3v) is 1.91. The Morgan fingerprint density at radius 1 is 0.455 bits per heavy atom. The van der Waals surface area contributed by atoms with Crippen molar-refractivity contribution in [2.45, 2.75) is 12.8 Å². The molecule has 2 heterocycles. The summed E-state index contributed by atoms with van der Waals surface area (Å²) in [5.41, 5.74) is 0. The summed E-state index contributed by atoms with van der Waals surface area (Å²) in [5.74, 6) is 0. The third kappa shape index (κ3) is 5.18. The molecule has 66 valence electrons. The molecule has 0 aromatic heterocycles. The second-order valence-corrected chi connectivity index (χ2v) is 2.96. The van der Waals surface area contributed by atoms with Crippen molar-refractivity contribution in [1.29, 1.82) is 0 Å². The summed E-state index contributed by atoms with van der Waals surface area (Å²) in [6.45, 7) is 7.06. The molecule has 2 rings (SSSR count). The molecule has 2 saturated heterocycles. The molecular formula is C8H19N3. The lowest BCUT2D eigenvalue weighted by molar-refractivity contribution is 0.534. The van der Waals surface area contributed by atoms with E-state index < -0.39 is 0 Å². The number of hydrogen-bond acceptors (Lipinski definition) is 3. The molecule has 0 atom stereocenters. The van der Waals surface area contributed by atoms with Crippen LogP contribution in [0, 0.1) is 0 Å². The molecule has 2 aliphatic heterocycles. The minimum absolute atomic E-state index is 1.14. The van der Waals surface area contributed by atoms with E-state index in [1.54, 1.807) is 0 Å². The lowest BCUT2D eigenvalue weighted by Crippen LogP contribution is -2.39. The maximum absolute atomic E-state index is 3.22.